The number of hydrogen-bond acceptors (Lipinski definition) is 6. The summed E-state index contributed by atoms with van der Waals surface area (Å²) in [6.07, 6.45) is 0.350. The number of carbonyl (C=O) groups is 2. The van der Waals surface area contributed by atoms with Gasteiger partial charge in [0, 0.05) is 18.7 Å². The van der Waals surface area contributed by atoms with E-state index in [0.717, 1.165) is 21.0 Å². The molecule has 0 aliphatic rings. The first-order chi connectivity index (χ1) is 19.9. The molecule has 42 heavy (non-hydrogen) atoms. The number of benzene rings is 3. The highest BCUT2D eigenvalue weighted by Crippen LogP contribution is 2.33. The van der Waals surface area contributed by atoms with E-state index >= 15 is 0 Å². The van der Waals surface area contributed by atoms with E-state index in [0.29, 0.717) is 17.9 Å². The number of hydrogen-bond donors (Lipinski definition) is 1. The zero-order chi connectivity index (χ0) is 31.0. The van der Waals surface area contributed by atoms with Crippen molar-refractivity contribution in [1.82, 2.24) is 10.2 Å². The lowest BCUT2D eigenvalue weighted by Crippen LogP contribution is -2.53. The van der Waals surface area contributed by atoms with E-state index in [1.54, 1.807) is 12.1 Å². The lowest BCUT2D eigenvalue weighted by Gasteiger charge is -2.33. The zero-order valence-electron chi connectivity index (χ0n) is 25.4. The summed E-state index contributed by atoms with van der Waals surface area (Å²) < 4.78 is 40.2. The molecule has 10 heteroatoms. The normalized spacial score (nSPS) is 12.0. The molecule has 0 unspecified atom stereocenters. The molecule has 3 rings (SSSR count). The molecule has 0 aliphatic carbocycles. The van der Waals surface area contributed by atoms with Crippen molar-refractivity contribution in [1.29, 1.82) is 0 Å². The number of nitrogens with one attached hydrogen (secondary N) is 1. The lowest BCUT2D eigenvalue weighted by atomic mass is 10.1. The number of amides is 2. The van der Waals surface area contributed by atoms with Crippen LogP contribution in [0.15, 0.2) is 71.6 Å². The molecule has 3 aromatic carbocycles. The molecule has 0 bridgehead atoms. The fraction of sp³-hybridized carbons (Fsp3) is 0.375. The maximum Gasteiger partial charge on any atom is 0.264 e. The van der Waals surface area contributed by atoms with Crippen LogP contribution in [-0.2, 0) is 26.2 Å². The molecule has 1 N–H and O–H groups in total. The van der Waals surface area contributed by atoms with E-state index in [-0.39, 0.29) is 29.1 Å². The molecule has 0 radical (unpaired) electrons. The molecule has 0 fully saturated rings. The fourth-order valence-electron chi connectivity index (χ4n) is 4.81. The van der Waals surface area contributed by atoms with Gasteiger partial charge in [-0.1, -0.05) is 43.3 Å². The predicted octanol–water partition coefficient (Wildman–Crippen LogP) is 4.85. The summed E-state index contributed by atoms with van der Waals surface area (Å²) in [5, 5.41) is 2.90. The van der Waals surface area contributed by atoms with Gasteiger partial charge in [0.2, 0.25) is 11.8 Å². The maximum atomic E-state index is 14.2. The first-order valence-electron chi connectivity index (χ1n) is 13.9. The standard InChI is InChI=1S/C32H41N3O6S/c1-8-28(32(37)33-22(2)3)34(20-25-12-10-9-11-13-25)31(36)21-35(26-17-23(4)16-24(5)18-26)42(38,39)27-14-15-29(40-6)30(19-27)41-7/h9-19,22,28H,8,20-21H2,1-7H3,(H,33,37)/t28-/m0/s1. The molecule has 2 amide bonds. The van der Waals surface area contributed by atoms with Crippen molar-refractivity contribution in [2.75, 3.05) is 25.1 Å². The van der Waals surface area contributed by atoms with E-state index in [2.05, 4.69) is 5.32 Å². The lowest BCUT2D eigenvalue weighted by molar-refractivity contribution is -0.140. The second-order valence-corrected chi connectivity index (χ2v) is 12.3. The van der Waals surface area contributed by atoms with Gasteiger partial charge >= 0.3 is 0 Å². The van der Waals surface area contributed by atoms with Gasteiger partial charge in [-0.25, -0.2) is 8.42 Å². The molecular weight excluding hydrogens is 554 g/mol. The second-order valence-electron chi connectivity index (χ2n) is 10.5. The average Bonchev–Trinajstić information content (AvgIpc) is 2.94. The van der Waals surface area contributed by atoms with Gasteiger partial charge in [0.15, 0.2) is 11.5 Å². The summed E-state index contributed by atoms with van der Waals surface area (Å²) in [6, 6.07) is 18.1. The average molecular weight is 596 g/mol. The van der Waals surface area contributed by atoms with Crippen LogP contribution in [-0.4, -0.2) is 58.0 Å². The minimum Gasteiger partial charge on any atom is -0.493 e. The van der Waals surface area contributed by atoms with Crippen molar-refractivity contribution in [2.24, 2.45) is 0 Å². The first-order valence-corrected chi connectivity index (χ1v) is 15.3. The second kappa shape index (κ2) is 14.2. The van der Waals surface area contributed by atoms with Gasteiger partial charge in [-0.05, 0) is 75.1 Å². The van der Waals surface area contributed by atoms with E-state index in [1.807, 2.05) is 71.0 Å². The fourth-order valence-corrected chi connectivity index (χ4v) is 6.22. The van der Waals surface area contributed by atoms with Crippen LogP contribution in [0.2, 0.25) is 0 Å². The van der Waals surface area contributed by atoms with Crippen molar-refractivity contribution in [2.45, 2.75) is 64.6 Å². The van der Waals surface area contributed by atoms with Gasteiger partial charge in [0.25, 0.3) is 10.0 Å². The van der Waals surface area contributed by atoms with E-state index < -0.39 is 28.5 Å². The minimum absolute atomic E-state index is 0.0636. The van der Waals surface area contributed by atoms with Gasteiger partial charge in [-0.3, -0.25) is 13.9 Å². The van der Waals surface area contributed by atoms with Crippen molar-refractivity contribution >= 4 is 27.5 Å². The number of sulfonamides is 1. The Morgan fingerprint density at radius 1 is 0.881 bits per heavy atom. The third-order valence-corrected chi connectivity index (χ3v) is 8.50. The molecule has 0 spiro atoms. The SMILES string of the molecule is CC[C@@H](C(=O)NC(C)C)N(Cc1ccccc1)C(=O)CN(c1cc(C)cc(C)c1)S(=O)(=O)c1ccc(OC)c(OC)c1. The molecule has 1 atom stereocenters. The quantitative estimate of drug-likeness (QED) is 0.303. The molecule has 3 aromatic rings. The zero-order valence-corrected chi connectivity index (χ0v) is 26.2. The number of carbonyl (C=O) groups excluding carboxylic acids is 2. The van der Waals surface area contributed by atoms with Crippen LogP contribution in [0, 0.1) is 13.8 Å². The Morgan fingerprint density at radius 2 is 1.50 bits per heavy atom. The minimum atomic E-state index is -4.27. The largest absolute Gasteiger partial charge is 0.493 e. The van der Waals surface area contributed by atoms with Gasteiger partial charge in [0.1, 0.15) is 12.6 Å². The highest BCUT2D eigenvalue weighted by Gasteiger charge is 2.34. The first kappa shape index (κ1) is 32.5. The van der Waals surface area contributed by atoms with Crippen LogP contribution in [0.1, 0.15) is 43.9 Å². The summed E-state index contributed by atoms with van der Waals surface area (Å²) >= 11 is 0. The third-order valence-electron chi connectivity index (χ3n) is 6.73. The van der Waals surface area contributed by atoms with E-state index in [9.17, 15) is 18.0 Å². The van der Waals surface area contributed by atoms with Crippen LogP contribution in [0.4, 0.5) is 5.69 Å². The molecule has 0 aromatic heterocycles. The number of aryl methyl sites for hydroxylation is 2. The molecule has 0 saturated carbocycles. The van der Waals surface area contributed by atoms with Crippen molar-refractivity contribution in [3.8, 4) is 11.5 Å². The summed E-state index contributed by atoms with van der Waals surface area (Å²) in [4.78, 5) is 28.8. The molecule has 0 aliphatic heterocycles. The smallest absolute Gasteiger partial charge is 0.264 e. The van der Waals surface area contributed by atoms with Gasteiger partial charge < -0.3 is 19.7 Å². The van der Waals surface area contributed by atoms with Gasteiger partial charge in [-0.15, -0.1) is 0 Å². The molecule has 226 valence electrons. The Bertz CT molecular complexity index is 1470. The van der Waals surface area contributed by atoms with Crippen molar-refractivity contribution in [3.05, 3.63) is 83.4 Å². The van der Waals surface area contributed by atoms with Crippen molar-refractivity contribution < 1.29 is 27.5 Å². The Kier molecular flexibility index (Phi) is 11.0. The maximum absolute atomic E-state index is 14.2. The van der Waals surface area contributed by atoms with Gasteiger partial charge in [-0.2, -0.15) is 0 Å². The summed E-state index contributed by atoms with van der Waals surface area (Å²) in [7, 11) is -1.38. The topological polar surface area (TPSA) is 105 Å². The molecule has 0 heterocycles. The van der Waals surface area contributed by atoms with Crippen molar-refractivity contribution in [3.63, 3.8) is 0 Å². The number of methoxy groups -OCH3 is 2. The number of nitrogens with zero attached hydrogens (tertiary/aromatic N) is 2. The van der Waals surface area contributed by atoms with Crippen LogP contribution in [0.3, 0.4) is 0 Å². The monoisotopic (exact) mass is 595 g/mol. The van der Waals surface area contributed by atoms with Crippen LogP contribution in [0.5, 0.6) is 11.5 Å². The van der Waals surface area contributed by atoms with Crippen LogP contribution < -0.4 is 19.1 Å². The summed E-state index contributed by atoms with van der Waals surface area (Å²) in [6.45, 7) is 8.89. The Morgan fingerprint density at radius 3 is 2.05 bits per heavy atom. The van der Waals surface area contributed by atoms with E-state index in [4.69, 9.17) is 9.47 Å². The predicted molar refractivity (Wildman–Crippen MR) is 164 cm³/mol. The van der Waals surface area contributed by atoms with Gasteiger partial charge in [0.05, 0.1) is 24.8 Å². The van der Waals surface area contributed by atoms with E-state index in [1.165, 1.54) is 37.3 Å². The Labute approximate surface area is 249 Å². The molecule has 9 nitrogen and oxygen atoms in total. The third kappa shape index (κ3) is 7.82. The molecule has 0 saturated heterocycles. The van der Waals surface area contributed by atoms with Crippen LogP contribution >= 0.6 is 0 Å². The summed E-state index contributed by atoms with van der Waals surface area (Å²) in [5.41, 5.74) is 2.85. The molecular formula is C32H41N3O6S. The highest BCUT2D eigenvalue weighted by atomic mass is 32.2. The van der Waals surface area contributed by atoms with Crippen LogP contribution in [0.25, 0.3) is 0 Å². The number of ether oxygens (including phenoxy) is 2. The highest BCUT2D eigenvalue weighted by molar-refractivity contribution is 7.92. The number of rotatable bonds is 13. The summed E-state index contributed by atoms with van der Waals surface area (Å²) in [5.74, 6) is -0.181. The Hall–Kier alpha value is -4.05. The number of anilines is 1. The Balaban J connectivity index is 2.13.